The van der Waals surface area contributed by atoms with E-state index in [0.717, 1.165) is 37.0 Å². The van der Waals surface area contributed by atoms with Crippen LogP contribution in [0.1, 0.15) is 18.9 Å². The van der Waals surface area contributed by atoms with Gasteiger partial charge in [0, 0.05) is 41.4 Å². The Hall–Kier alpha value is -1.49. The first-order valence-corrected chi connectivity index (χ1v) is 7.72. The zero-order valence-corrected chi connectivity index (χ0v) is 12.2. The number of hydrogen-bond acceptors (Lipinski definition) is 3. The predicted molar refractivity (Wildman–Crippen MR) is 81.8 cm³/mol. The SMILES string of the molecule is CCC1CN(c2ccc(F)cc2/C=C/C(=O)O)CCS1. The van der Waals surface area contributed by atoms with Crippen molar-refractivity contribution in [2.24, 2.45) is 0 Å². The molecule has 0 aromatic heterocycles. The van der Waals surface area contributed by atoms with Crippen molar-refractivity contribution in [3.8, 4) is 0 Å². The van der Waals surface area contributed by atoms with Gasteiger partial charge in [0.25, 0.3) is 0 Å². The summed E-state index contributed by atoms with van der Waals surface area (Å²) in [6.45, 7) is 3.98. The van der Waals surface area contributed by atoms with Crippen LogP contribution in [-0.4, -0.2) is 35.2 Å². The van der Waals surface area contributed by atoms with Crippen LogP contribution < -0.4 is 4.90 Å². The highest BCUT2D eigenvalue weighted by molar-refractivity contribution is 8.00. The van der Waals surface area contributed by atoms with Crippen LogP contribution in [-0.2, 0) is 4.79 Å². The predicted octanol–water partition coefficient (Wildman–Crippen LogP) is 3.26. The number of benzene rings is 1. The fraction of sp³-hybridized carbons (Fsp3) is 0.400. The third-order valence-electron chi connectivity index (χ3n) is 3.33. The zero-order chi connectivity index (χ0) is 14.5. The Morgan fingerprint density at radius 3 is 3.10 bits per heavy atom. The normalized spacial score (nSPS) is 19.5. The van der Waals surface area contributed by atoms with E-state index >= 15 is 0 Å². The van der Waals surface area contributed by atoms with E-state index in [1.54, 1.807) is 6.07 Å². The van der Waals surface area contributed by atoms with Gasteiger partial charge >= 0.3 is 5.97 Å². The van der Waals surface area contributed by atoms with Crippen LogP contribution in [0, 0.1) is 5.82 Å². The third-order valence-corrected chi connectivity index (χ3v) is 4.70. The fourth-order valence-electron chi connectivity index (χ4n) is 2.29. The molecule has 0 amide bonds. The Bertz CT molecular complexity index is 519. The Balaban J connectivity index is 2.28. The van der Waals surface area contributed by atoms with Gasteiger partial charge in [-0.3, -0.25) is 0 Å². The van der Waals surface area contributed by atoms with Crippen LogP contribution in [0.5, 0.6) is 0 Å². The summed E-state index contributed by atoms with van der Waals surface area (Å²) >= 11 is 1.96. The molecule has 2 rings (SSSR count). The van der Waals surface area contributed by atoms with E-state index < -0.39 is 5.97 Å². The number of aliphatic carboxylic acids is 1. The maximum atomic E-state index is 13.4. The number of hydrogen-bond donors (Lipinski definition) is 1. The minimum Gasteiger partial charge on any atom is -0.478 e. The Morgan fingerprint density at radius 2 is 2.40 bits per heavy atom. The summed E-state index contributed by atoms with van der Waals surface area (Å²) in [5.41, 5.74) is 1.52. The van der Waals surface area contributed by atoms with Crippen LogP contribution >= 0.6 is 11.8 Å². The highest BCUT2D eigenvalue weighted by Crippen LogP contribution is 2.29. The standard InChI is InChI=1S/C15H18FNO2S/c1-2-13-10-17(7-8-20-13)14-5-4-12(16)9-11(14)3-6-15(18)19/h3-6,9,13H,2,7-8,10H2,1H3,(H,18,19)/b6-3+. The summed E-state index contributed by atoms with van der Waals surface area (Å²) in [7, 11) is 0. The monoisotopic (exact) mass is 295 g/mol. The van der Waals surface area contributed by atoms with Crippen molar-refractivity contribution < 1.29 is 14.3 Å². The van der Waals surface area contributed by atoms with Crippen LogP contribution in [0.15, 0.2) is 24.3 Å². The average molecular weight is 295 g/mol. The van der Waals surface area contributed by atoms with Gasteiger partial charge in [0.2, 0.25) is 0 Å². The van der Waals surface area contributed by atoms with Gasteiger partial charge < -0.3 is 10.0 Å². The number of carboxylic acid groups (broad SMARTS) is 1. The van der Waals surface area contributed by atoms with Gasteiger partial charge in [-0.05, 0) is 30.7 Å². The molecular formula is C15H18FNO2S. The molecule has 1 N–H and O–H groups in total. The first-order valence-electron chi connectivity index (χ1n) is 6.67. The Kier molecular flexibility index (Phi) is 5.06. The Labute approximate surface area is 122 Å². The lowest BCUT2D eigenvalue weighted by molar-refractivity contribution is -0.131. The van der Waals surface area contributed by atoms with Crippen molar-refractivity contribution in [3.05, 3.63) is 35.7 Å². The zero-order valence-electron chi connectivity index (χ0n) is 11.4. The molecular weight excluding hydrogens is 277 g/mol. The maximum absolute atomic E-state index is 13.4. The smallest absolute Gasteiger partial charge is 0.328 e. The van der Waals surface area contributed by atoms with Crippen LogP contribution in [0.3, 0.4) is 0 Å². The second-order valence-corrected chi connectivity index (χ2v) is 6.13. The minimum absolute atomic E-state index is 0.350. The van der Waals surface area contributed by atoms with Gasteiger partial charge in [-0.2, -0.15) is 11.8 Å². The molecule has 5 heteroatoms. The van der Waals surface area contributed by atoms with E-state index in [0.29, 0.717) is 10.8 Å². The summed E-state index contributed by atoms with van der Waals surface area (Å²) in [4.78, 5) is 12.9. The van der Waals surface area contributed by atoms with Gasteiger partial charge in [-0.1, -0.05) is 6.92 Å². The summed E-state index contributed by atoms with van der Waals surface area (Å²) in [6, 6.07) is 4.55. The highest BCUT2D eigenvalue weighted by Gasteiger charge is 2.20. The molecule has 1 unspecified atom stereocenters. The molecule has 0 bridgehead atoms. The lowest BCUT2D eigenvalue weighted by Gasteiger charge is -2.34. The lowest BCUT2D eigenvalue weighted by atomic mass is 10.1. The molecule has 0 spiro atoms. The number of carbonyl (C=O) groups is 1. The molecule has 1 fully saturated rings. The molecule has 1 heterocycles. The summed E-state index contributed by atoms with van der Waals surface area (Å²) in [6.07, 6.45) is 3.61. The molecule has 20 heavy (non-hydrogen) atoms. The van der Waals surface area contributed by atoms with Crippen molar-refractivity contribution in [2.75, 3.05) is 23.7 Å². The Morgan fingerprint density at radius 1 is 1.60 bits per heavy atom. The van der Waals surface area contributed by atoms with E-state index in [2.05, 4.69) is 11.8 Å². The largest absolute Gasteiger partial charge is 0.478 e. The van der Waals surface area contributed by atoms with Crippen molar-refractivity contribution in [1.82, 2.24) is 0 Å². The third kappa shape index (κ3) is 3.76. The maximum Gasteiger partial charge on any atom is 0.328 e. The van der Waals surface area contributed by atoms with E-state index in [-0.39, 0.29) is 5.82 Å². The molecule has 3 nitrogen and oxygen atoms in total. The van der Waals surface area contributed by atoms with Gasteiger partial charge in [-0.15, -0.1) is 0 Å². The summed E-state index contributed by atoms with van der Waals surface area (Å²) in [5.74, 6) is -0.337. The second-order valence-electron chi connectivity index (χ2n) is 4.72. The molecule has 0 saturated carbocycles. The van der Waals surface area contributed by atoms with Crippen LogP contribution in [0.4, 0.5) is 10.1 Å². The minimum atomic E-state index is -1.03. The van der Waals surface area contributed by atoms with Crippen molar-refractivity contribution in [3.63, 3.8) is 0 Å². The van der Waals surface area contributed by atoms with E-state index in [1.165, 1.54) is 18.2 Å². The van der Waals surface area contributed by atoms with E-state index in [1.807, 2.05) is 11.8 Å². The van der Waals surface area contributed by atoms with Gasteiger partial charge in [0.1, 0.15) is 5.82 Å². The van der Waals surface area contributed by atoms with Gasteiger partial charge in [0.15, 0.2) is 0 Å². The first-order chi connectivity index (χ1) is 9.60. The quantitative estimate of drug-likeness (QED) is 0.866. The number of thioether (sulfide) groups is 1. The number of rotatable bonds is 4. The molecule has 1 aliphatic rings. The van der Waals surface area contributed by atoms with Crippen LogP contribution in [0.2, 0.25) is 0 Å². The molecule has 1 aliphatic heterocycles. The topological polar surface area (TPSA) is 40.5 Å². The number of anilines is 1. The molecule has 1 atom stereocenters. The second kappa shape index (κ2) is 6.79. The van der Waals surface area contributed by atoms with Crippen molar-refractivity contribution in [1.29, 1.82) is 0 Å². The van der Waals surface area contributed by atoms with Gasteiger partial charge in [0.05, 0.1) is 0 Å². The fourth-order valence-corrected chi connectivity index (χ4v) is 3.47. The molecule has 1 aromatic carbocycles. The van der Waals surface area contributed by atoms with E-state index in [9.17, 15) is 9.18 Å². The average Bonchev–Trinajstić information content (AvgIpc) is 2.45. The summed E-state index contributed by atoms with van der Waals surface area (Å²) in [5, 5.41) is 9.30. The van der Waals surface area contributed by atoms with Crippen molar-refractivity contribution in [2.45, 2.75) is 18.6 Å². The number of halogens is 1. The van der Waals surface area contributed by atoms with Crippen molar-refractivity contribution >= 4 is 29.5 Å². The molecule has 1 saturated heterocycles. The molecule has 108 valence electrons. The van der Waals surface area contributed by atoms with E-state index in [4.69, 9.17) is 5.11 Å². The molecule has 1 aromatic rings. The van der Waals surface area contributed by atoms with Gasteiger partial charge in [-0.25, -0.2) is 9.18 Å². The number of nitrogens with zero attached hydrogens (tertiary/aromatic N) is 1. The van der Waals surface area contributed by atoms with Crippen LogP contribution in [0.25, 0.3) is 6.08 Å². The lowest BCUT2D eigenvalue weighted by Crippen LogP contribution is -2.38. The molecule has 0 aliphatic carbocycles. The summed E-state index contributed by atoms with van der Waals surface area (Å²) < 4.78 is 13.4. The highest BCUT2D eigenvalue weighted by atomic mass is 32.2. The molecule has 0 radical (unpaired) electrons. The number of carboxylic acids is 1. The first kappa shape index (κ1) is 14.9.